The molecule has 0 radical (unpaired) electrons. The molecule has 88 valence electrons. The summed E-state index contributed by atoms with van der Waals surface area (Å²) in [6.45, 7) is 1.06. The van der Waals surface area contributed by atoms with E-state index in [1.165, 1.54) is 25.9 Å². The molecular formula is C9H13N3O4. The standard InChI is InChI=1S/C9H13N3O4/c1-5-7(14)10-9(16)12(8(5)15)4-6(13)11(2)3/h15H,4H2,1-3H3,(H,10,14,16). The molecule has 1 aromatic heterocycles. The van der Waals surface area contributed by atoms with Crippen LogP contribution in [0.4, 0.5) is 0 Å². The van der Waals surface area contributed by atoms with Crippen LogP contribution in [0.3, 0.4) is 0 Å². The van der Waals surface area contributed by atoms with Crippen LogP contribution in [0, 0.1) is 6.92 Å². The first-order valence-electron chi connectivity index (χ1n) is 4.57. The second kappa shape index (κ2) is 4.21. The van der Waals surface area contributed by atoms with Gasteiger partial charge < -0.3 is 10.0 Å². The lowest BCUT2D eigenvalue weighted by Crippen LogP contribution is -2.36. The number of aromatic nitrogens is 2. The van der Waals surface area contributed by atoms with Gasteiger partial charge in [-0.2, -0.15) is 0 Å². The molecule has 2 N–H and O–H groups in total. The Balaban J connectivity index is 3.26. The van der Waals surface area contributed by atoms with Gasteiger partial charge in [-0.15, -0.1) is 0 Å². The van der Waals surface area contributed by atoms with Crippen molar-refractivity contribution in [3.8, 4) is 5.88 Å². The number of nitrogens with zero attached hydrogens (tertiary/aromatic N) is 2. The highest BCUT2D eigenvalue weighted by Gasteiger charge is 2.14. The number of aromatic hydroxyl groups is 1. The number of aromatic amines is 1. The first-order valence-corrected chi connectivity index (χ1v) is 4.57. The van der Waals surface area contributed by atoms with Crippen LogP contribution in [0.5, 0.6) is 5.88 Å². The summed E-state index contributed by atoms with van der Waals surface area (Å²) >= 11 is 0. The summed E-state index contributed by atoms with van der Waals surface area (Å²) in [7, 11) is 3.06. The van der Waals surface area contributed by atoms with E-state index in [0.29, 0.717) is 0 Å². The number of amides is 1. The minimum atomic E-state index is -0.802. The maximum Gasteiger partial charge on any atom is 0.331 e. The summed E-state index contributed by atoms with van der Waals surface area (Å²) in [4.78, 5) is 37.1. The number of nitrogens with one attached hydrogen (secondary N) is 1. The Hall–Kier alpha value is -2.05. The number of carbonyl (C=O) groups is 1. The molecule has 0 aliphatic carbocycles. The normalized spacial score (nSPS) is 10.2. The highest BCUT2D eigenvalue weighted by atomic mass is 16.3. The van der Waals surface area contributed by atoms with E-state index >= 15 is 0 Å². The third-order valence-corrected chi connectivity index (χ3v) is 2.19. The highest BCUT2D eigenvalue weighted by Crippen LogP contribution is 2.07. The molecule has 0 aromatic carbocycles. The van der Waals surface area contributed by atoms with E-state index < -0.39 is 17.1 Å². The lowest BCUT2D eigenvalue weighted by atomic mass is 10.3. The van der Waals surface area contributed by atoms with E-state index in [-0.39, 0.29) is 18.0 Å². The van der Waals surface area contributed by atoms with Crippen LogP contribution in [0.15, 0.2) is 9.59 Å². The number of likely N-dealkylation sites (N-methyl/N-ethyl adjacent to an activating group) is 1. The number of hydrogen-bond acceptors (Lipinski definition) is 4. The minimum absolute atomic E-state index is 0.00570. The highest BCUT2D eigenvalue weighted by molar-refractivity contribution is 5.75. The lowest BCUT2D eigenvalue weighted by molar-refractivity contribution is -0.129. The maximum absolute atomic E-state index is 11.4. The van der Waals surface area contributed by atoms with Crippen LogP contribution in [0.1, 0.15) is 5.56 Å². The average molecular weight is 227 g/mol. The summed E-state index contributed by atoms with van der Waals surface area (Å²) in [5.41, 5.74) is -1.45. The molecule has 16 heavy (non-hydrogen) atoms. The van der Waals surface area contributed by atoms with Crippen molar-refractivity contribution in [2.45, 2.75) is 13.5 Å². The molecular weight excluding hydrogens is 214 g/mol. The van der Waals surface area contributed by atoms with Gasteiger partial charge in [0.15, 0.2) is 0 Å². The molecule has 7 heteroatoms. The quantitative estimate of drug-likeness (QED) is 0.652. The Morgan fingerprint density at radius 2 is 2.00 bits per heavy atom. The molecule has 0 atom stereocenters. The zero-order valence-electron chi connectivity index (χ0n) is 9.27. The summed E-state index contributed by atoms with van der Waals surface area (Å²) < 4.78 is 0.819. The molecule has 1 rings (SSSR count). The predicted octanol–water partition coefficient (Wildman–Crippen LogP) is -1.36. The van der Waals surface area contributed by atoms with Crippen LogP contribution in [0.2, 0.25) is 0 Å². The van der Waals surface area contributed by atoms with E-state index in [0.717, 1.165) is 4.57 Å². The third kappa shape index (κ3) is 2.13. The molecule has 0 saturated carbocycles. The Labute approximate surface area is 90.9 Å². The van der Waals surface area contributed by atoms with Crippen molar-refractivity contribution in [1.29, 1.82) is 0 Å². The van der Waals surface area contributed by atoms with Gasteiger partial charge in [0.2, 0.25) is 11.8 Å². The molecule has 0 bridgehead atoms. The second-order valence-corrected chi connectivity index (χ2v) is 3.58. The number of H-pyrrole nitrogens is 1. The number of carbonyl (C=O) groups excluding carboxylic acids is 1. The molecule has 1 aromatic rings. The Morgan fingerprint density at radius 3 is 2.50 bits per heavy atom. The van der Waals surface area contributed by atoms with E-state index in [9.17, 15) is 19.5 Å². The van der Waals surface area contributed by atoms with Crippen molar-refractivity contribution >= 4 is 5.91 Å². The zero-order valence-corrected chi connectivity index (χ0v) is 9.27. The van der Waals surface area contributed by atoms with Gasteiger partial charge in [-0.25, -0.2) is 4.79 Å². The Kier molecular flexibility index (Phi) is 3.17. The number of rotatable bonds is 2. The first-order chi connectivity index (χ1) is 7.34. The summed E-state index contributed by atoms with van der Waals surface area (Å²) in [6.07, 6.45) is 0. The SMILES string of the molecule is Cc1c(O)n(CC(=O)N(C)C)c(=O)[nH]c1=O. The first kappa shape index (κ1) is 12.0. The smallest absolute Gasteiger partial charge is 0.331 e. The fourth-order valence-corrected chi connectivity index (χ4v) is 1.08. The van der Waals surface area contributed by atoms with Gasteiger partial charge in [-0.05, 0) is 6.92 Å². The van der Waals surface area contributed by atoms with Crippen LogP contribution in [-0.4, -0.2) is 39.6 Å². The molecule has 7 nitrogen and oxygen atoms in total. The van der Waals surface area contributed by atoms with Gasteiger partial charge in [-0.3, -0.25) is 19.1 Å². The zero-order chi connectivity index (χ0) is 12.5. The second-order valence-electron chi connectivity index (χ2n) is 3.58. The maximum atomic E-state index is 11.4. The van der Waals surface area contributed by atoms with Crippen molar-refractivity contribution in [3.63, 3.8) is 0 Å². The molecule has 0 aliphatic heterocycles. The van der Waals surface area contributed by atoms with Gasteiger partial charge in [0.25, 0.3) is 5.56 Å². The van der Waals surface area contributed by atoms with Crippen molar-refractivity contribution < 1.29 is 9.90 Å². The van der Waals surface area contributed by atoms with Crippen molar-refractivity contribution in [3.05, 3.63) is 26.4 Å². The predicted molar refractivity (Wildman–Crippen MR) is 56.4 cm³/mol. The molecule has 0 saturated heterocycles. The van der Waals surface area contributed by atoms with Crippen molar-refractivity contribution in [1.82, 2.24) is 14.5 Å². The largest absolute Gasteiger partial charge is 0.494 e. The third-order valence-electron chi connectivity index (χ3n) is 2.19. The van der Waals surface area contributed by atoms with Gasteiger partial charge >= 0.3 is 5.69 Å². The monoisotopic (exact) mass is 227 g/mol. The van der Waals surface area contributed by atoms with Crippen molar-refractivity contribution in [2.75, 3.05) is 14.1 Å². The van der Waals surface area contributed by atoms with Gasteiger partial charge in [-0.1, -0.05) is 0 Å². The molecule has 0 fully saturated rings. The Bertz CT molecular complexity index is 527. The fourth-order valence-electron chi connectivity index (χ4n) is 1.08. The fraction of sp³-hybridized carbons (Fsp3) is 0.444. The van der Waals surface area contributed by atoms with Crippen LogP contribution >= 0.6 is 0 Å². The van der Waals surface area contributed by atoms with Crippen molar-refractivity contribution in [2.24, 2.45) is 0 Å². The van der Waals surface area contributed by atoms with Gasteiger partial charge in [0, 0.05) is 14.1 Å². The van der Waals surface area contributed by atoms with E-state index in [1.807, 2.05) is 4.98 Å². The van der Waals surface area contributed by atoms with Gasteiger partial charge in [0.1, 0.15) is 6.54 Å². The van der Waals surface area contributed by atoms with Crippen LogP contribution in [-0.2, 0) is 11.3 Å². The van der Waals surface area contributed by atoms with E-state index in [2.05, 4.69) is 0 Å². The number of hydrogen-bond donors (Lipinski definition) is 2. The van der Waals surface area contributed by atoms with Gasteiger partial charge in [0.05, 0.1) is 5.56 Å². The molecule has 0 aliphatic rings. The Morgan fingerprint density at radius 1 is 1.44 bits per heavy atom. The van der Waals surface area contributed by atoms with E-state index in [4.69, 9.17) is 0 Å². The molecule has 1 heterocycles. The average Bonchev–Trinajstić information content (AvgIpc) is 2.20. The molecule has 1 amide bonds. The lowest BCUT2D eigenvalue weighted by Gasteiger charge is -2.13. The minimum Gasteiger partial charge on any atom is -0.494 e. The van der Waals surface area contributed by atoms with E-state index in [1.54, 1.807) is 0 Å². The van der Waals surface area contributed by atoms with Crippen LogP contribution in [0.25, 0.3) is 0 Å². The summed E-state index contributed by atoms with van der Waals surface area (Å²) in [6, 6.07) is 0. The molecule has 0 unspecified atom stereocenters. The molecule has 0 spiro atoms. The summed E-state index contributed by atoms with van der Waals surface area (Å²) in [5.74, 6) is -0.840. The topological polar surface area (TPSA) is 95.4 Å². The summed E-state index contributed by atoms with van der Waals surface area (Å²) in [5, 5.41) is 9.56. The van der Waals surface area contributed by atoms with Crippen LogP contribution < -0.4 is 11.2 Å².